The average Bonchev–Trinajstić information content (AvgIpc) is 2.74. The Hall–Kier alpha value is -0.900. The van der Waals surface area contributed by atoms with E-state index in [0.29, 0.717) is 5.41 Å². The zero-order valence-electron chi connectivity index (χ0n) is 11.0. The molecule has 2 aliphatic rings. The molecule has 1 aromatic carbocycles. The first-order chi connectivity index (χ1) is 8.80. The summed E-state index contributed by atoms with van der Waals surface area (Å²) < 4.78 is 0. The maximum Gasteiger partial charge on any atom is 0.0233 e. The Morgan fingerprint density at radius 2 is 1.78 bits per heavy atom. The lowest BCUT2D eigenvalue weighted by atomic mass is 9.79. The molecule has 3 heteroatoms. The van der Waals surface area contributed by atoms with Gasteiger partial charge in [-0.2, -0.15) is 0 Å². The van der Waals surface area contributed by atoms with E-state index < -0.39 is 0 Å². The van der Waals surface area contributed by atoms with Gasteiger partial charge in [0, 0.05) is 44.7 Å². The number of benzene rings is 1. The van der Waals surface area contributed by atoms with Crippen LogP contribution in [-0.4, -0.2) is 49.1 Å². The van der Waals surface area contributed by atoms with Crippen LogP contribution in [0.15, 0.2) is 30.3 Å². The van der Waals surface area contributed by atoms with Gasteiger partial charge in [-0.25, -0.2) is 0 Å². The van der Waals surface area contributed by atoms with Crippen LogP contribution in [0.3, 0.4) is 0 Å². The second-order valence-corrected chi connectivity index (χ2v) is 5.95. The van der Waals surface area contributed by atoms with Gasteiger partial charge >= 0.3 is 0 Å². The van der Waals surface area contributed by atoms with Gasteiger partial charge in [0.25, 0.3) is 0 Å². The molecule has 2 heterocycles. The highest BCUT2D eigenvalue weighted by Gasteiger charge is 2.46. The molecule has 1 spiro atoms. The minimum atomic E-state index is 0.587. The summed E-state index contributed by atoms with van der Waals surface area (Å²) in [4.78, 5) is 5.10. The number of nitrogens with two attached hydrogens (primary N) is 1. The third kappa shape index (κ3) is 2.44. The van der Waals surface area contributed by atoms with Gasteiger partial charge in [0.1, 0.15) is 0 Å². The van der Waals surface area contributed by atoms with E-state index in [9.17, 15) is 0 Å². The van der Waals surface area contributed by atoms with Gasteiger partial charge in [0.15, 0.2) is 0 Å². The normalized spacial score (nSPS) is 23.4. The molecule has 1 aromatic rings. The Kier molecular flexibility index (Phi) is 3.37. The Balaban J connectivity index is 1.51. The molecule has 0 radical (unpaired) electrons. The Morgan fingerprint density at radius 1 is 1.06 bits per heavy atom. The van der Waals surface area contributed by atoms with Crippen LogP contribution in [0, 0.1) is 5.41 Å². The lowest BCUT2D eigenvalue weighted by Gasteiger charge is -2.48. The van der Waals surface area contributed by atoms with E-state index in [2.05, 4.69) is 40.1 Å². The fraction of sp³-hybridized carbons (Fsp3) is 0.600. The number of rotatable bonds is 4. The highest BCUT2D eigenvalue weighted by atomic mass is 15.3. The van der Waals surface area contributed by atoms with Crippen molar-refractivity contribution in [3.05, 3.63) is 35.9 Å². The van der Waals surface area contributed by atoms with Gasteiger partial charge in [-0.3, -0.25) is 4.90 Å². The van der Waals surface area contributed by atoms with Crippen molar-refractivity contribution in [1.82, 2.24) is 9.80 Å². The molecular formula is C15H23N3. The maximum atomic E-state index is 5.60. The molecule has 0 amide bonds. The van der Waals surface area contributed by atoms with E-state index in [1.165, 1.54) is 38.2 Å². The minimum absolute atomic E-state index is 0.587. The molecule has 2 aliphatic heterocycles. The second kappa shape index (κ2) is 5.00. The van der Waals surface area contributed by atoms with Gasteiger partial charge < -0.3 is 10.6 Å². The van der Waals surface area contributed by atoms with E-state index in [4.69, 9.17) is 5.73 Å². The molecule has 98 valence electrons. The van der Waals surface area contributed by atoms with E-state index in [0.717, 1.165) is 19.6 Å². The first kappa shape index (κ1) is 12.2. The quantitative estimate of drug-likeness (QED) is 0.864. The average molecular weight is 245 g/mol. The van der Waals surface area contributed by atoms with E-state index in [1.807, 2.05) is 0 Å². The molecule has 3 nitrogen and oxygen atoms in total. The van der Waals surface area contributed by atoms with Crippen molar-refractivity contribution < 1.29 is 0 Å². The van der Waals surface area contributed by atoms with Crippen molar-refractivity contribution in [2.75, 3.05) is 39.3 Å². The molecule has 0 aliphatic carbocycles. The topological polar surface area (TPSA) is 32.5 Å². The van der Waals surface area contributed by atoms with Crippen molar-refractivity contribution in [2.45, 2.75) is 13.0 Å². The molecule has 2 N–H and O–H groups in total. The number of hydrogen-bond donors (Lipinski definition) is 1. The molecule has 0 bridgehead atoms. The van der Waals surface area contributed by atoms with Gasteiger partial charge in [-0.05, 0) is 18.5 Å². The number of hydrogen-bond acceptors (Lipinski definition) is 3. The molecule has 2 saturated heterocycles. The van der Waals surface area contributed by atoms with Crippen LogP contribution in [0.25, 0.3) is 0 Å². The Bertz CT molecular complexity index is 384. The van der Waals surface area contributed by atoms with Crippen LogP contribution in [0.2, 0.25) is 0 Å². The monoisotopic (exact) mass is 245 g/mol. The summed E-state index contributed by atoms with van der Waals surface area (Å²) in [6.45, 7) is 8.02. The highest BCUT2D eigenvalue weighted by molar-refractivity contribution is 5.15. The van der Waals surface area contributed by atoms with Crippen LogP contribution >= 0.6 is 0 Å². The summed E-state index contributed by atoms with van der Waals surface area (Å²) in [6.07, 6.45) is 1.36. The molecule has 0 aromatic heterocycles. The van der Waals surface area contributed by atoms with E-state index >= 15 is 0 Å². The fourth-order valence-corrected chi connectivity index (χ4v) is 3.51. The molecular weight excluding hydrogens is 222 g/mol. The summed E-state index contributed by atoms with van der Waals surface area (Å²) in [5.74, 6) is 0. The van der Waals surface area contributed by atoms with Crippen LogP contribution in [-0.2, 0) is 6.54 Å². The van der Waals surface area contributed by atoms with Gasteiger partial charge in [0.2, 0.25) is 0 Å². The molecule has 0 saturated carbocycles. The van der Waals surface area contributed by atoms with Gasteiger partial charge in [-0.1, -0.05) is 30.3 Å². The van der Waals surface area contributed by atoms with Crippen LogP contribution in [0.1, 0.15) is 12.0 Å². The molecule has 0 unspecified atom stereocenters. The lowest BCUT2D eigenvalue weighted by molar-refractivity contribution is 0.0106. The van der Waals surface area contributed by atoms with Crippen LogP contribution < -0.4 is 5.73 Å². The summed E-state index contributed by atoms with van der Waals surface area (Å²) in [7, 11) is 0. The van der Waals surface area contributed by atoms with Crippen molar-refractivity contribution in [3.63, 3.8) is 0 Å². The van der Waals surface area contributed by atoms with Crippen molar-refractivity contribution in [3.8, 4) is 0 Å². The van der Waals surface area contributed by atoms with Crippen molar-refractivity contribution in [1.29, 1.82) is 0 Å². The first-order valence-electron chi connectivity index (χ1n) is 6.98. The Morgan fingerprint density at radius 3 is 2.50 bits per heavy atom. The number of nitrogens with zero attached hydrogens (tertiary/aromatic N) is 2. The second-order valence-electron chi connectivity index (χ2n) is 5.95. The standard InChI is InChI=1S/C15H23N3/c16-7-9-18-12-15(13-18)6-8-17(11-15)10-14-4-2-1-3-5-14/h1-5H,6-13,16H2. The SMILES string of the molecule is NCCN1CC2(CCN(Cc3ccccc3)C2)C1. The third-order valence-electron chi connectivity index (χ3n) is 4.33. The smallest absolute Gasteiger partial charge is 0.0233 e. The van der Waals surface area contributed by atoms with Gasteiger partial charge in [0.05, 0.1) is 0 Å². The number of likely N-dealkylation sites (tertiary alicyclic amines) is 2. The zero-order chi connectivity index (χ0) is 12.4. The largest absolute Gasteiger partial charge is 0.329 e. The van der Waals surface area contributed by atoms with E-state index in [-0.39, 0.29) is 0 Å². The lowest BCUT2D eigenvalue weighted by Crippen LogP contribution is -2.58. The summed E-state index contributed by atoms with van der Waals surface area (Å²) >= 11 is 0. The molecule has 0 atom stereocenters. The van der Waals surface area contributed by atoms with Crippen LogP contribution in [0.4, 0.5) is 0 Å². The van der Waals surface area contributed by atoms with Crippen molar-refractivity contribution in [2.24, 2.45) is 11.1 Å². The Labute approximate surface area is 110 Å². The van der Waals surface area contributed by atoms with Crippen LogP contribution in [0.5, 0.6) is 0 Å². The third-order valence-corrected chi connectivity index (χ3v) is 4.33. The first-order valence-corrected chi connectivity index (χ1v) is 6.98. The van der Waals surface area contributed by atoms with Gasteiger partial charge in [-0.15, -0.1) is 0 Å². The van der Waals surface area contributed by atoms with Crippen molar-refractivity contribution >= 4 is 0 Å². The highest BCUT2D eigenvalue weighted by Crippen LogP contribution is 2.39. The molecule has 18 heavy (non-hydrogen) atoms. The maximum absolute atomic E-state index is 5.60. The summed E-state index contributed by atoms with van der Waals surface area (Å²) in [5.41, 5.74) is 7.63. The zero-order valence-corrected chi connectivity index (χ0v) is 11.0. The fourth-order valence-electron chi connectivity index (χ4n) is 3.51. The summed E-state index contributed by atoms with van der Waals surface area (Å²) in [6, 6.07) is 10.8. The summed E-state index contributed by atoms with van der Waals surface area (Å²) in [5, 5.41) is 0. The molecule has 3 rings (SSSR count). The minimum Gasteiger partial charge on any atom is -0.329 e. The molecule has 2 fully saturated rings. The predicted octanol–water partition coefficient (Wildman–Crippen LogP) is 1.15. The predicted molar refractivity (Wildman–Crippen MR) is 74.3 cm³/mol. The van der Waals surface area contributed by atoms with E-state index in [1.54, 1.807) is 0 Å².